The van der Waals surface area contributed by atoms with Gasteiger partial charge in [0.15, 0.2) is 0 Å². The molecule has 0 spiro atoms. The van der Waals surface area contributed by atoms with Crippen LogP contribution in [0.1, 0.15) is 45.4 Å². The summed E-state index contributed by atoms with van der Waals surface area (Å²) >= 11 is 0. The van der Waals surface area contributed by atoms with Crippen LogP contribution < -0.4 is 5.32 Å². The van der Waals surface area contributed by atoms with Crippen LogP contribution in [0.15, 0.2) is 0 Å². The Morgan fingerprint density at radius 1 is 1.20 bits per heavy atom. The van der Waals surface area contributed by atoms with Crippen molar-refractivity contribution < 1.29 is 14.8 Å². The molecule has 2 N–H and O–H groups in total. The zero-order valence-electron chi connectivity index (χ0n) is 11.9. The Labute approximate surface area is 119 Å². The van der Waals surface area contributed by atoms with Crippen molar-refractivity contribution >= 4 is 11.9 Å². The number of amides is 3. The third-order valence-corrected chi connectivity index (χ3v) is 5.01. The number of nitrogens with one attached hydrogen (secondary N) is 1. The van der Waals surface area contributed by atoms with Gasteiger partial charge in [-0.05, 0) is 44.4 Å². The van der Waals surface area contributed by atoms with E-state index in [1.165, 1.54) is 4.90 Å². The Hall–Kier alpha value is -1.30. The van der Waals surface area contributed by atoms with Crippen LogP contribution in [0.2, 0.25) is 0 Å². The van der Waals surface area contributed by atoms with E-state index in [1.807, 2.05) is 0 Å². The van der Waals surface area contributed by atoms with E-state index in [1.54, 1.807) is 0 Å². The molecule has 0 unspecified atom stereocenters. The van der Waals surface area contributed by atoms with Gasteiger partial charge in [-0.25, -0.2) is 9.86 Å². The number of hydroxylamine groups is 2. The van der Waals surface area contributed by atoms with Gasteiger partial charge in [0.1, 0.15) is 6.04 Å². The fourth-order valence-corrected chi connectivity index (χ4v) is 3.62. The fraction of sp³-hybridized carbons (Fsp3) is 0.857. The first kappa shape index (κ1) is 13.7. The van der Waals surface area contributed by atoms with E-state index in [9.17, 15) is 14.8 Å². The van der Waals surface area contributed by atoms with Crippen molar-refractivity contribution in [2.75, 3.05) is 6.54 Å². The lowest BCUT2D eigenvalue weighted by atomic mass is 9.87. The number of nitrogens with zero attached hydrogens (tertiary/aromatic N) is 2. The van der Waals surface area contributed by atoms with Gasteiger partial charge in [-0.2, -0.15) is 0 Å². The number of carbonyl (C=O) groups excluding carboxylic acids is 2. The first-order valence-corrected chi connectivity index (χ1v) is 7.65. The summed E-state index contributed by atoms with van der Waals surface area (Å²) in [6.45, 7) is 2.72. The minimum atomic E-state index is -0.426. The second kappa shape index (κ2) is 5.24. The average Bonchev–Trinajstić information content (AvgIpc) is 2.66. The number of hydrogen-bond donors (Lipinski definition) is 2. The predicted octanol–water partition coefficient (Wildman–Crippen LogP) is 1.34. The molecule has 6 nitrogen and oxygen atoms in total. The van der Waals surface area contributed by atoms with Crippen molar-refractivity contribution in [1.29, 1.82) is 0 Å². The van der Waals surface area contributed by atoms with Crippen molar-refractivity contribution in [3.63, 3.8) is 0 Å². The minimum absolute atomic E-state index is 0.0494. The molecule has 2 heterocycles. The predicted molar refractivity (Wildman–Crippen MR) is 72.1 cm³/mol. The summed E-state index contributed by atoms with van der Waals surface area (Å²) < 4.78 is 0. The molecule has 2 atom stereocenters. The van der Waals surface area contributed by atoms with E-state index < -0.39 is 12.1 Å². The maximum absolute atomic E-state index is 12.4. The first-order valence-electron chi connectivity index (χ1n) is 7.65. The number of fused-ring (bicyclic) bond motifs is 2. The summed E-state index contributed by atoms with van der Waals surface area (Å²) in [5.74, 6) is 0.702. The molecule has 2 aliphatic heterocycles. The monoisotopic (exact) mass is 281 g/mol. The zero-order chi connectivity index (χ0) is 14.3. The third-order valence-electron chi connectivity index (χ3n) is 5.01. The van der Waals surface area contributed by atoms with E-state index in [-0.39, 0.29) is 18.0 Å². The van der Waals surface area contributed by atoms with Gasteiger partial charge in [0.25, 0.3) is 0 Å². The molecule has 3 rings (SSSR count). The Morgan fingerprint density at radius 2 is 1.90 bits per heavy atom. The molecule has 1 saturated carbocycles. The second-order valence-corrected chi connectivity index (χ2v) is 6.49. The van der Waals surface area contributed by atoms with Crippen LogP contribution in [0.5, 0.6) is 0 Å². The normalized spacial score (nSPS) is 37.2. The van der Waals surface area contributed by atoms with Gasteiger partial charge in [-0.1, -0.05) is 6.92 Å². The summed E-state index contributed by atoms with van der Waals surface area (Å²) in [4.78, 5) is 25.8. The molecule has 20 heavy (non-hydrogen) atoms. The molecule has 6 heteroatoms. The van der Waals surface area contributed by atoms with Crippen LogP contribution in [0.25, 0.3) is 0 Å². The van der Waals surface area contributed by atoms with E-state index >= 15 is 0 Å². The highest BCUT2D eigenvalue weighted by Gasteiger charge is 2.46. The van der Waals surface area contributed by atoms with Gasteiger partial charge in [0.05, 0.1) is 6.04 Å². The first-order chi connectivity index (χ1) is 9.56. The molecule has 2 bridgehead atoms. The van der Waals surface area contributed by atoms with Crippen molar-refractivity contribution in [2.45, 2.75) is 63.6 Å². The average molecular weight is 281 g/mol. The standard InChI is InChI=1S/C14H23N3O3/c1-9-2-4-10(5-3-9)15-13(18)12-7-6-11-8-16(12)14(19)17(11)20/h9-12,20H,2-8H2,1H3,(H,15,18)/t9?,10?,11-,12+/m1/s1. The van der Waals surface area contributed by atoms with Crippen LogP contribution in [0.3, 0.4) is 0 Å². The van der Waals surface area contributed by atoms with Crippen molar-refractivity contribution in [2.24, 2.45) is 5.92 Å². The highest BCUT2D eigenvalue weighted by atomic mass is 16.5. The van der Waals surface area contributed by atoms with Gasteiger partial charge >= 0.3 is 6.03 Å². The fourth-order valence-electron chi connectivity index (χ4n) is 3.62. The van der Waals surface area contributed by atoms with Gasteiger partial charge in [0, 0.05) is 12.6 Å². The molecular weight excluding hydrogens is 258 g/mol. The molecule has 0 radical (unpaired) electrons. The molecular formula is C14H23N3O3. The summed E-state index contributed by atoms with van der Waals surface area (Å²) in [5, 5.41) is 13.5. The Bertz CT molecular complexity index is 406. The lowest BCUT2D eigenvalue weighted by Gasteiger charge is -2.32. The van der Waals surface area contributed by atoms with E-state index in [2.05, 4.69) is 12.2 Å². The third kappa shape index (κ3) is 2.37. The molecule has 2 saturated heterocycles. The molecule has 0 aromatic heterocycles. The summed E-state index contributed by atoms with van der Waals surface area (Å²) in [7, 11) is 0. The largest absolute Gasteiger partial charge is 0.352 e. The van der Waals surface area contributed by atoms with Crippen LogP contribution in [0.4, 0.5) is 4.79 Å². The van der Waals surface area contributed by atoms with Crippen LogP contribution in [0, 0.1) is 5.92 Å². The van der Waals surface area contributed by atoms with Crippen molar-refractivity contribution in [3.05, 3.63) is 0 Å². The van der Waals surface area contributed by atoms with Gasteiger partial charge < -0.3 is 10.2 Å². The molecule has 0 aromatic carbocycles. The quantitative estimate of drug-likeness (QED) is 0.750. The molecule has 3 amide bonds. The number of hydrogen-bond acceptors (Lipinski definition) is 3. The number of carbonyl (C=O) groups is 2. The van der Waals surface area contributed by atoms with Crippen LogP contribution >= 0.6 is 0 Å². The summed E-state index contributed by atoms with van der Waals surface area (Å²) in [5.41, 5.74) is 0. The Morgan fingerprint density at radius 3 is 2.60 bits per heavy atom. The van der Waals surface area contributed by atoms with Crippen molar-refractivity contribution in [1.82, 2.24) is 15.3 Å². The van der Waals surface area contributed by atoms with E-state index in [0.717, 1.165) is 36.7 Å². The van der Waals surface area contributed by atoms with Crippen LogP contribution in [-0.2, 0) is 4.79 Å². The maximum atomic E-state index is 12.4. The lowest BCUT2D eigenvalue weighted by molar-refractivity contribution is -0.127. The summed E-state index contributed by atoms with van der Waals surface area (Å²) in [6, 6.07) is -0.721. The molecule has 3 aliphatic rings. The second-order valence-electron chi connectivity index (χ2n) is 6.49. The molecule has 112 valence electrons. The number of rotatable bonds is 2. The van der Waals surface area contributed by atoms with Crippen LogP contribution in [-0.4, -0.2) is 51.8 Å². The van der Waals surface area contributed by atoms with Gasteiger partial charge in [0.2, 0.25) is 5.91 Å². The van der Waals surface area contributed by atoms with E-state index in [0.29, 0.717) is 19.4 Å². The van der Waals surface area contributed by atoms with Gasteiger partial charge in [-0.3, -0.25) is 10.0 Å². The van der Waals surface area contributed by atoms with Crippen molar-refractivity contribution in [3.8, 4) is 0 Å². The highest BCUT2D eigenvalue weighted by molar-refractivity contribution is 5.88. The topological polar surface area (TPSA) is 72.9 Å². The zero-order valence-corrected chi connectivity index (χ0v) is 11.9. The number of urea groups is 1. The Balaban J connectivity index is 1.59. The molecule has 3 fully saturated rings. The number of piperidine rings is 1. The maximum Gasteiger partial charge on any atom is 0.344 e. The molecule has 1 aliphatic carbocycles. The van der Waals surface area contributed by atoms with E-state index in [4.69, 9.17) is 0 Å². The lowest BCUT2D eigenvalue weighted by Crippen LogP contribution is -2.52. The Kier molecular flexibility index (Phi) is 3.58. The SMILES string of the molecule is CC1CCC(NC(=O)[C@@H]2CC[C@@H]3CN2C(=O)N3O)CC1. The molecule has 0 aromatic rings. The highest BCUT2D eigenvalue weighted by Crippen LogP contribution is 2.29. The smallest absolute Gasteiger partial charge is 0.344 e. The minimum Gasteiger partial charge on any atom is -0.352 e. The summed E-state index contributed by atoms with van der Waals surface area (Å²) in [6.07, 6.45) is 5.71. The van der Waals surface area contributed by atoms with Gasteiger partial charge in [-0.15, -0.1) is 0 Å².